The van der Waals surface area contributed by atoms with Crippen LogP contribution in [-0.2, 0) is 11.3 Å². The van der Waals surface area contributed by atoms with Gasteiger partial charge in [-0.3, -0.25) is 14.6 Å². The number of carbonyl (C=O) groups excluding carboxylic acids is 2. The first-order valence-electron chi connectivity index (χ1n) is 7.10. The first-order chi connectivity index (χ1) is 10.6. The highest BCUT2D eigenvalue weighted by atomic mass is 16.2. The van der Waals surface area contributed by atoms with Gasteiger partial charge in [-0.1, -0.05) is 23.8 Å². The molecule has 0 spiro atoms. The van der Waals surface area contributed by atoms with Gasteiger partial charge in [-0.2, -0.15) is 0 Å². The summed E-state index contributed by atoms with van der Waals surface area (Å²) in [5.74, 6) is -0.492. The third-order valence-corrected chi connectivity index (χ3v) is 3.24. The molecule has 1 aromatic carbocycles. The van der Waals surface area contributed by atoms with Crippen LogP contribution >= 0.6 is 0 Å². The van der Waals surface area contributed by atoms with Crippen molar-refractivity contribution in [1.82, 2.24) is 15.6 Å². The van der Waals surface area contributed by atoms with Gasteiger partial charge >= 0.3 is 0 Å². The number of hydrogen-bond donors (Lipinski definition) is 2. The van der Waals surface area contributed by atoms with Crippen molar-refractivity contribution < 1.29 is 9.59 Å². The number of amides is 2. The zero-order chi connectivity index (χ0) is 15.9. The summed E-state index contributed by atoms with van der Waals surface area (Å²) < 4.78 is 0. The molecular formula is C17H19N3O2. The second-order valence-electron chi connectivity index (χ2n) is 5.14. The summed E-state index contributed by atoms with van der Waals surface area (Å²) >= 11 is 0. The molecule has 0 bridgehead atoms. The maximum atomic E-state index is 12.0. The van der Waals surface area contributed by atoms with Gasteiger partial charge in [-0.15, -0.1) is 0 Å². The van der Waals surface area contributed by atoms with Crippen molar-refractivity contribution in [2.45, 2.75) is 26.4 Å². The highest BCUT2D eigenvalue weighted by Crippen LogP contribution is 2.03. The van der Waals surface area contributed by atoms with Crippen LogP contribution in [0.5, 0.6) is 0 Å². The summed E-state index contributed by atoms with van der Waals surface area (Å²) in [5.41, 5.74) is 2.53. The van der Waals surface area contributed by atoms with E-state index in [-0.39, 0.29) is 11.8 Å². The van der Waals surface area contributed by atoms with Gasteiger partial charge in [0, 0.05) is 24.5 Å². The zero-order valence-corrected chi connectivity index (χ0v) is 12.7. The topological polar surface area (TPSA) is 71.1 Å². The molecule has 2 N–H and O–H groups in total. The molecule has 0 aliphatic carbocycles. The van der Waals surface area contributed by atoms with Crippen LogP contribution < -0.4 is 10.6 Å². The summed E-state index contributed by atoms with van der Waals surface area (Å²) in [5, 5.41) is 5.46. The Hall–Kier alpha value is -2.69. The van der Waals surface area contributed by atoms with Crippen LogP contribution in [0.4, 0.5) is 0 Å². The molecule has 5 nitrogen and oxygen atoms in total. The minimum atomic E-state index is -0.606. The van der Waals surface area contributed by atoms with E-state index in [4.69, 9.17) is 0 Å². The predicted octanol–water partition coefficient (Wildman–Crippen LogP) is 1.82. The zero-order valence-electron chi connectivity index (χ0n) is 12.7. The minimum absolute atomic E-state index is 0.232. The molecule has 2 rings (SSSR count). The minimum Gasteiger partial charge on any atom is -0.350 e. The van der Waals surface area contributed by atoms with Crippen LogP contribution in [-0.4, -0.2) is 22.8 Å². The first-order valence-corrected chi connectivity index (χ1v) is 7.10. The Labute approximate surface area is 129 Å². The number of nitrogens with one attached hydrogen (secondary N) is 2. The third kappa shape index (κ3) is 4.41. The van der Waals surface area contributed by atoms with Crippen LogP contribution in [0.1, 0.15) is 28.4 Å². The van der Waals surface area contributed by atoms with E-state index in [1.165, 1.54) is 0 Å². The van der Waals surface area contributed by atoms with Gasteiger partial charge in [0.25, 0.3) is 5.91 Å². The Morgan fingerprint density at radius 1 is 1.18 bits per heavy atom. The summed E-state index contributed by atoms with van der Waals surface area (Å²) in [6.45, 7) is 4.00. The maximum absolute atomic E-state index is 12.0. The number of aromatic nitrogens is 1. The number of carbonyl (C=O) groups is 2. The lowest BCUT2D eigenvalue weighted by Gasteiger charge is -2.14. The SMILES string of the molecule is Cc1ccc(C(=O)N[C@@H](C)C(=O)NCc2cccnc2)cc1. The van der Waals surface area contributed by atoms with Crippen molar-refractivity contribution in [3.8, 4) is 0 Å². The second-order valence-corrected chi connectivity index (χ2v) is 5.14. The molecule has 1 heterocycles. The maximum Gasteiger partial charge on any atom is 0.251 e. The molecule has 22 heavy (non-hydrogen) atoms. The van der Waals surface area contributed by atoms with Gasteiger partial charge in [0.15, 0.2) is 0 Å². The summed E-state index contributed by atoms with van der Waals surface area (Å²) in [6.07, 6.45) is 3.37. The van der Waals surface area contributed by atoms with E-state index < -0.39 is 6.04 Å². The van der Waals surface area contributed by atoms with E-state index >= 15 is 0 Å². The monoisotopic (exact) mass is 297 g/mol. The Morgan fingerprint density at radius 3 is 2.55 bits per heavy atom. The van der Waals surface area contributed by atoms with Gasteiger partial charge in [0.05, 0.1) is 0 Å². The van der Waals surface area contributed by atoms with Crippen molar-refractivity contribution in [3.63, 3.8) is 0 Å². The number of pyridine rings is 1. The smallest absolute Gasteiger partial charge is 0.251 e. The number of hydrogen-bond acceptors (Lipinski definition) is 3. The molecule has 0 aliphatic heterocycles. The number of benzene rings is 1. The van der Waals surface area contributed by atoms with Crippen LogP contribution in [0.15, 0.2) is 48.8 Å². The number of aryl methyl sites for hydroxylation is 1. The van der Waals surface area contributed by atoms with Crippen LogP contribution in [0.25, 0.3) is 0 Å². The molecule has 2 aromatic rings. The van der Waals surface area contributed by atoms with Crippen molar-refractivity contribution in [1.29, 1.82) is 0 Å². The summed E-state index contributed by atoms with van der Waals surface area (Å²) in [4.78, 5) is 28.0. The lowest BCUT2D eigenvalue weighted by Crippen LogP contribution is -2.44. The van der Waals surface area contributed by atoms with E-state index in [2.05, 4.69) is 15.6 Å². The first kappa shape index (κ1) is 15.7. The van der Waals surface area contributed by atoms with Crippen LogP contribution in [0.2, 0.25) is 0 Å². The van der Waals surface area contributed by atoms with Gasteiger partial charge in [0.1, 0.15) is 6.04 Å². The molecule has 2 amide bonds. The Kier molecular flexibility index (Phi) is 5.25. The fourth-order valence-corrected chi connectivity index (χ4v) is 1.90. The Morgan fingerprint density at radius 2 is 1.91 bits per heavy atom. The Bertz CT molecular complexity index is 639. The predicted molar refractivity (Wildman–Crippen MR) is 84.2 cm³/mol. The normalized spacial score (nSPS) is 11.5. The van der Waals surface area contributed by atoms with Gasteiger partial charge in [0.2, 0.25) is 5.91 Å². The van der Waals surface area contributed by atoms with Gasteiger partial charge in [-0.05, 0) is 37.6 Å². The van der Waals surface area contributed by atoms with Crippen molar-refractivity contribution in [2.75, 3.05) is 0 Å². The summed E-state index contributed by atoms with van der Waals surface area (Å²) in [6, 6.07) is 10.3. The second kappa shape index (κ2) is 7.36. The molecule has 0 unspecified atom stereocenters. The molecule has 0 fully saturated rings. The van der Waals surface area contributed by atoms with Crippen molar-refractivity contribution >= 4 is 11.8 Å². The summed E-state index contributed by atoms with van der Waals surface area (Å²) in [7, 11) is 0. The van der Waals surface area contributed by atoms with Crippen molar-refractivity contribution in [2.24, 2.45) is 0 Å². The number of nitrogens with zero attached hydrogens (tertiary/aromatic N) is 1. The molecule has 0 aliphatic rings. The molecular weight excluding hydrogens is 278 g/mol. The Balaban J connectivity index is 1.85. The lowest BCUT2D eigenvalue weighted by molar-refractivity contribution is -0.122. The molecule has 1 atom stereocenters. The standard InChI is InChI=1S/C17H19N3O2/c1-12-5-7-15(8-6-12)17(22)20-13(2)16(21)19-11-14-4-3-9-18-10-14/h3-10,13H,11H2,1-2H3,(H,19,21)(H,20,22)/t13-/m0/s1. The fraction of sp³-hybridized carbons (Fsp3) is 0.235. The lowest BCUT2D eigenvalue weighted by atomic mass is 10.1. The van der Waals surface area contributed by atoms with E-state index in [1.807, 2.05) is 31.2 Å². The van der Waals surface area contributed by atoms with E-state index in [0.29, 0.717) is 12.1 Å². The molecule has 1 aromatic heterocycles. The molecule has 114 valence electrons. The molecule has 5 heteroatoms. The molecule has 0 saturated carbocycles. The average molecular weight is 297 g/mol. The van der Waals surface area contributed by atoms with Gasteiger partial charge < -0.3 is 10.6 Å². The van der Waals surface area contributed by atoms with E-state index in [1.54, 1.807) is 31.5 Å². The molecule has 0 saturated heterocycles. The molecule has 0 radical (unpaired) electrons. The largest absolute Gasteiger partial charge is 0.350 e. The quantitative estimate of drug-likeness (QED) is 0.884. The third-order valence-electron chi connectivity index (χ3n) is 3.24. The highest BCUT2D eigenvalue weighted by Gasteiger charge is 2.16. The fourth-order valence-electron chi connectivity index (χ4n) is 1.90. The van der Waals surface area contributed by atoms with E-state index in [0.717, 1.165) is 11.1 Å². The highest BCUT2D eigenvalue weighted by molar-refractivity contribution is 5.97. The average Bonchev–Trinajstić information content (AvgIpc) is 2.54. The van der Waals surface area contributed by atoms with Crippen LogP contribution in [0, 0.1) is 6.92 Å². The van der Waals surface area contributed by atoms with Gasteiger partial charge in [-0.25, -0.2) is 0 Å². The number of rotatable bonds is 5. The van der Waals surface area contributed by atoms with E-state index in [9.17, 15) is 9.59 Å². The van der Waals surface area contributed by atoms with Crippen LogP contribution in [0.3, 0.4) is 0 Å². The van der Waals surface area contributed by atoms with Crippen molar-refractivity contribution in [3.05, 3.63) is 65.5 Å².